The van der Waals surface area contributed by atoms with Gasteiger partial charge in [-0.1, -0.05) is 23.4 Å². The fraction of sp³-hybridized carbons (Fsp3) is 0.120. The van der Waals surface area contributed by atoms with E-state index in [0.29, 0.717) is 39.6 Å². The number of nitrogens with zero attached hydrogens (tertiary/aromatic N) is 2. The first-order valence-electron chi connectivity index (χ1n) is 10.3. The van der Waals surface area contributed by atoms with E-state index in [4.69, 9.17) is 18.7 Å². The van der Waals surface area contributed by atoms with Gasteiger partial charge < -0.3 is 23.8 Å². The van der Waals surface area contributed by atoms with Gasteiger partial charge >= 0.3 is 5.97 Å². The van der Waals surface area contributed by atoms with Gasteiger partial charge in [0.05, 0.1) is 32.5 Å². The molecule has 2 N–H and O–H groups in total. The van der Waals surface area contributed by atoms with Crippen LogP contribution in [0.5, 0.6) is 17.2 Å². The van der Waals surface area contributed by atoms with Crippen molar-refractivity contribution in [2.45, 2.75) is 0 Å². The van der Waals surface area contributed by atoms with Crippen LogP contribution in [-0.4, -0.2) is 48.5 Å². The number of carbonyl (C=O) groups is 2. The molecule has 0 spiro atoms. The standard InChI is InChI=1S/C25H21N3O7/c1-32-18-12-15(13-19(33-2)22(18)34-3)23(29)27-24-20(16-6-4-5-7-17(16)25(30)31)21(28-35-24)14-8-10-26-11-9-14/h4-13H,1-3H3,(H,27,29)(H,30,31). The normalized spacial score (nSPS) is 10.5. The van der Waals surface area contributed by atoms with Crippen molar-refractivity contribution in [3.8, 4) is 39.6 Å². The Kier molecular flexibility index (Phi) is 6.63. The Morgan fingerprint density at radius 1 is 0.943 bits per heavy atom. The van der Waals surface area contributed by atoms with Crippen molar-refractivity contribution in [2.75, 3.05) is 26.6 Å². The number of anilines is 1. The van der Waals surface area contributed by atoms with Crippen LogP contribution in [0, 0.1) is 0 Å². The predicted octanol–water partition coefficient (Wildman–Crippen LogP) is 4.38. The maximum atomic E-state index is 13.2. The smallest absolute Gasteiger partial charge is 0.336 e. The number of hydrogen-bond donors (Lipinski definition) is 2. The Morgan fingerprint density at radius 3 is 2.20 bits per heavy atom. The number of carboxylic acids is 1. The number of aromatic nitrogens is 2. The van der Waals surface area contributed by atoms with Gasteiger partial charge in [0.15, 0.2) is 11.5 Å². The van der Waals surface area contributed by atoms with Gasteiger partial charge in [0.2, 0.25) is 11.6 Å². The minimum atomic E-state index is -1.13. The summed E-state index contributed by atoms with van der Waals surface area (Å²) in [6.45, 7) is 0. The average molecular weight is 475 g/mol. The van der Waals surface area contributed by atoms with Crippen LogP contribution in [-0.2, 0) is 0 Å². The summed E-state index contributed by atoms with van der Waals surface area (Å²) in [6, 6.07) is 12.8. The molecule has 2 aromatic carbocycles. The largest absolute Gasteiger partial charge is 0.493 e. The Hall–Kier alpha value is -4.86. The summed E-state index contributed by atoms with van der Waals surface area (Å²) in [5.41, 5.74) is 1.84. The molecule has 0 aliphatic carbocycles. The average Bonchev–Trinajstić information content (AvgIpc) is 3.31. The zero-order valence-corrected chi connectivity index (χ0v) is 19.1. The van der Waals surface area contributed by atoms with E-state index >= 15 is 0 Å². The number of ether oxygens (including phenoxy) is 3. The number of carboxylic acid groups (broad SMARTS) is 1. The van der Waals surface area contributed by atoms with E-state index < -0.39 is 11.9 Å². The number of hydrogen-bond acceptors (Lipinski definition) is 8. The lowest BCUT2D eigenvalue weighted by atomic mass is 9.97. The SMILES string of the molecule is COc1cc(C(=O)Nc2onc(-c3ccncc3)c2-c2ccccc2C(=O)O)cc(OC)c1OC. The van der Waals surface area contributed by atoms with E-state index in [9.17, 15) is 14.7 Å². The van der Waals surface area contributed by atoms with Crippen LogP contribution >= 0.6 is 0 Å². The van der Waals surface area contributed by atoms with E-state index in [0.717, 1.165) is 0 Å². The van der Waals surface area contributed by atoms with Crippen molar-refractivity contribution in [3.05, 3.63) is 72.1 Å². The Balaban J connectivity index is 1.83. The van der Waals surface area contributed by atoms with Gasteiger partial charge in [-0.25, -0.2) is 4.79 Å². The van der Waals surface area contributed by atoms with Gasteiger partial charge in [-0.05, 0) is 30.3 Å². The molecule has 35 heavy (non-hydrogen) atoms. The van der Waals surface area contributed by atoms with Crippen LogP contribution in [0.4, 0.5) is 5.88 Å². The first kappa shape index (κ1) is 23.3. The summed E-state index contributed by atoms with van der Waals surface area (Å²) >= 11 is 0. The second-order valence-corrected chi connectivity index (χ2v) is 7.19. The van der Waals surface area contributed by atoms with E-state index in [1.165, 1.54) is 39.5 Å². The molecule has 0 saturated carbocycles. The Labute approximate surface area is 200 Å². The third kappa shape index (κ3) is 4.49. The van der Waals surface area contributed by atoms with Crippen LogP contribution in [0.15, 0.2) is 65.4 Å². The summed E-state index contributed by atoms with van der Waals surface area (Å²) in [5, 5.41) is 16.6. The molecule has 178 valence electrons. The lowest BCUT2D eigenvalue weighted by molar-refractivity contribution is 0.0697. The summed E-state index contributed by atoms with van der Waals surface area (Å²) in [4.78, 5) is 29.2. The van der Waals surface area contributed by atoms with Gasteiger partial charge in [-0.2, -0.15) is 0 Å². The highest BCUT2D eigenvalue weighted by Gasteiger charge is 2.26. The molecule has 2 aromatic heterocycles. The molecule has 0 fully saturated rings. The second-order valence-electron chi connectivity index (χ2n) is 7.19. The van der Waals surface area contributed by atoms with Crippen LogP contribution in [0.25, 0.3) is 22.4 Å². The second kappa shape index (κ2) is 9.96. The highest BCUT2D eigenvalue weighted by atomic mass is 16.5. The maximum Gasteiger partial charge on any atom is 0.336 e. The van der Waals surface area contributed by atoms with Crippen LogP contribution in [0.3, 0.4) is 0 Å². The molecule has 10 heteroatoms. The van der Waals surface area contributed by atoms with Crippen molar-refractivity contribution in [1.29, 1.82) is 0 Å². The van der Waals surface area contributed by atoms with Crippen molar-refractivity contribution >= 4 is 17.8 Å². The minimum Gasteiger partial charge on any atom is -0.493 e. The van der Waals surface area contributed by atoms with Gasteiger partial charge in [0, 0.05) is 29.1 Å². The number of aromatic carboxylic acids is 1. The van der Waals surface area contributed by atoms with Crippen LogP contribution in [0.2, 0.25) is 0 Å². The maximum absolute atomic E-state index is 13.2. The predicted molar refractivity (Wildman–Crippen MR) is 126 cm³/mol. The first-order valence-corrected chi connectivity index (χ1v) is 10.3. The molecular weight excluding hydrogens is 454 g/mol. The highest BCUT2D eigenvalue weighted by Crippen LogP contribution is 2.41. The van der Waals surface area contributed by atoms with E-state index in [2.05, 4.69) is 15.5 Å². The van der Waals surface area contributed by atoms with Gasteiger partial charge in [0.25, 0.3) is 5.91 Å². The minimum absolute atomic E-state index is 0.0225. The number of amides is 1. The zero-order valence-electron chi connectivity index (χ0n) is 19.1. The number of rotatable bonds is 8. The molecule has 1 amide bonds. The molecule has 10 nitrogen and oxygen atoms in total. The highest BCUT2D eigenvalue weighted by molar-refractivity contribution is 6.08. The van der Waals surface area contributed by atoms with E-state index in [1.807, 2.05) is 0 Å². The molecule has 4 rings (SSSR count). The van der Waals surface area contributed by atoms with Crippen molar-refractivity contribution < 1.29 is 33.4 Å². The van der Waals surface area contributed by atoms with E-state index in [-0.39, 0.29) is 17.0 Å². The molecule has 0 bridgehead atoms. The van der Waals surface area contributed by atoms with Crippen molar-refractivity contribution in [3.63, 3.8) is 0 Å². The van der Waals surface area contributed by atoms with Crippen molar-refractivity contribution in [2.24, 2.45) is 0 Å². The third-order valence-corrected chi connectivity index (χ3v) is 5.23. The fourth-order valence-corrected chi connectivity index (χ4v) is 3.61. The molecule has 2 heterocycles. The number of pyridine rings is 1. The summed E-state index contributed by atoms with van der Waals surface area (Å²) in [7, 11) is 4.34. The number of benzene rings is 2. The molecule has 0 aliphatic rings. The van der Waals surface area contributed by atoms with Gasteiger partial charge in [-0.15, -0.1) is 0 Å². The molecular formula is C25H21N3O7. The monoisotopic (exact) mass is 475 g/mol. The number of nitrogens with one attached hydrogen (secondary N) is 1. The van der Waals surface area contributed by atoms with Gasteiger partial charge in [-0.3, -0.25) is 15.1 Å². The Bertz CT molecular complexity index is 1360. The third-order valence-electron chi connectivity index (χ3n) is 5.23. The summed E-state index contributed by atoms with van der Waals surface area (Å²) in [5.74, 6) is -0.793. The number of carbonyl (C=O) groups excluding carboxylic acids is 1. The topological polar surface area (TPSA) is 133 Å². The van der Waals surface area contributed by atoms with E-state index in [1.54, 1.807) is 42.7 Å². The summed E-state index contributed by atoms with van der Waals surface area (Å²) < 4.78 is 21.5. The molecule has 0 unspecified atom stereocenters. The van der Waals surface area contributed by atoms with Crippen LogP contribution < -0.4 is 19.5 Å². The lowest BCUT2D eigenvalue weighted by Gasteiger charge is -2.14. The van der Waals surface area contributed by atoms with Crippen LogP contribution in [0.1, 0.15) is 20.7 Å². The molecule has 0 radical (unpaired) electrons. The van der Waals surface area contributed by atoms with Crippen molar-refractivity contribution in [1.82, 2.24) is 10.1 Å². The molecule has 0 aliphatic heterocycles. The lowest BCUT2D eigenvalue weighted by Crippen LogP contribution is -2.13. The molecule has 4 aromatic rings. The zero-order chi connectivity index (χ0) is 24.9. The number of methoxy groups -OCH3 is 3. The van der Waals surface area contributed by atoms with Gasteiger partial charge in [0.1, 0.15) is 5.69 Å². The first-order chi connectivity index (χ1) is 17.0. The molecule has 0 atom stereocenters. The summed E-state index contributed by atoms with van der Waals surface area (Å²) in [6.07, 6.45) is 3.15. The Morgan fingerprint density at radius 2 is 1.60 bits per heavy atom. The molecule has 0 saturated heterocycles. The quantitative estimate of drug-likeness (QED) is 0.381. The fourth-order valence-electron chi connectivity index (χ4n) is 3.61.